The lowest BCUT2D eigenvalue weighted by Gasteiger charge is -2.33. The summed E-state index contributed by atoms with van der Waals surface area (Å²) in [5, 5.41) is 6.00. The van der Waals surface area contributed by atoms with Crippen molar-refractivity contribution in [2.45, 2.75) is 6.61 Å². The van der Waals surface area contributed by atoms with Gasteiger partial charge in [0, 0.05) is 24.0 Å². The number of halogens is 2. The molecule has 9 heteroatoms. The quantitative estimate of drug-likeness (QED) is 0.464. The van der Waals surface area contributed by atoms with E-state index < -0.39 is 6.61 Å². The first-order valence-corrected chi connectivity index (χ1v) is 11.6. The van der Waals surface area contributed by atoms with Crippen molar-refractivity contribution in [2.75, 3.05) is 26.3 Å². The van der Waals surface area contributed by atoms with Crippen LogP contribution >= 0.6 is 11.8 Å². The molecule has 2 saturated heterocycles. The number of fused-ring (bicyclic) bond motifs is 1. The molecule has 0 saturated carbocycles. The third-order valence-electron chi connectivity index (χ3n) is 5.46. The zero-order valence-electron chi connectivity index (χ0n) is 18.1. The van der Waals surface area contributed by atoms with Gasteiger partial charge in [-0.25, -0.2) is 15.0 Å². The Labute approximate surface area is 199 Å². The Balaban J connectivity index is 1.56. The number of nitrogens with zero attached hydrogens (tertiary/aromatic N) is 3. The van der Waals surface area contributed by atoms with Crippen LogP contribution in [0.15, 0.2) is 76.6 Å². The van der Waals surface area contributed by atoms with E-state index in [0.29, 0.717) is 41.9 Å². The van der Waals surface area contributed by atoms with Gasteiger partial charge >= 0.3 is 6.61 Å². The molecule has 34 heavy (non-hydrogen) atoms. The molecule has 0 radical (unpaired) electrons. The molecule has 2 aliphatic heterocycles. The number of rotatable bonds is 5. The Morgan fingerprint density at radius 1 is 1.00 bits per heavy atom. The smallest absolute Gasteiger partial charge is 0.387 e. The number of hydrogen-bond donors (Lipinski definition) is 0. The van der Waals surface area contributed by atoms with E-state index in [-0.39, 0.29) is 11.7 Å². The Morgan fingerprint density at radius 2 is 1.74 bits per heavy atom. The summed E-state index contributed by atoms with van der Waals surface area (Å²) < 4.78 is 35.8. The zero-order valence-corrected chi connectivity index (χ0v) is 18.9. The predicted molar refractivity (Wildman–Crippen MR) is 129 cm³/mol. The van der Waals surface area contributed by atoms with Gasteiger partial charge in [0.1, 0.15) is 5.75 Å². The number of amidine groups is 1. The van der Waals surface area contributed by atoms with Gasteiger partial charge in [-0.05, 0) is 35.4 Å². The Kier molecular flexibility index (Phi) is 6.57. The summed E-state index contributed by atoms with van der Waals surface area (Å²) in [5.41, 5.74) is 1.14. The van der Waals surface area contributed by atoms with Crippen molar-refractivity contribution >= 4 is 45.4 Å². The lowest BCUT2D eigenvalue weighted by molar-refractivity contribution is -0.138. The highest BCUT2D eigenvalue weighted by Crippen LogP contribution is 2.38. The number of ether oxygens (including phenoxy) is 2. The van der Waals surface area contributed by atoms with E-state index in [0.717, 1.165) is 16.5 Å². The molecule has 5 rings (SSSR count). The fraction of sp³-hybridized carbons (Fsp3) is 0.200. The molecule has 0 aromatic heterocycles. The van der Waals surface area contributed by atoms with Crippen LogP contribution in [0.2, 0.25) is 0 Å². The molecule has 0 unspecified atom stereocenters. The number of alkyl halides is 2. The van der Waals surface area contributed by atoms with Crippen molar-refractivity contribution in [3.8, 4) is 5.75 Å². The number of para-hydroxylation sites is 1. The van der Waals surface area contributed by atoms with Gasteiger partial charge in [-0.15, -0.1) is 0 Å². The Bertz CT molecular complexity index is 1270. The van der Waals surface area contributed by atoms with Crippen LogP contribution in [-0.4, -0.2) is 54.0 Å². The normalized spacial score (nSPS) is 19.6. The number of carbonyl (C=O) groups is 1. The van der Waals surface area contributed by atoms with E-state index in [4.69, 9.17) is 9.73 Å². The second-order valence-electron chi connectivity index (χ2n) is 7.60. The molecular formula is C25H21F2N3O3S. The molecule has 0 atom stereocenters. The number of hydrazine groups is 1. The van der Waals surface area contributed by atoms with Crippen molar-refractivity contribution in [1.29, 1.82) is 0 Å². The molecule has 2 fully saturated rings. The van der Waals surface area contributed by atoms with Crippen LogP contribution in [0.5, 0.6) is 5.75 Å². The van der Waals surface area contributed by atoms with Crippen molar-refractivity contribution < 1.29 is 23.0 Å². The maximum Gasteiger partial charge on any atom is 0.387 e. The minimum atomic E-state index is -2.96. The molecule has 0 spiro atoms. The topological polar surface area (TPSA) is 54.4 Å². The van der Waals surface area contributed by atoms with Crippen molar-refractivity contribution in [1.82, 2.24) is 10.0 Å². The molecule has 0 bridgehead atoms. The average Bonchev–Trinajstić information content (AvgIpc) is 3.15. The molecule has 6 nitrogen and oxygen atoms in total. The Hall–Kier alpha value is -3.27. The molecule has 1 amide bonds. The van der Waals surface area contributed by atoms with Gasteiger partial charge < -0.3 is 9.47 Å². The van der Waals surface area contributed by atoms with Crippen LogP contribution in [0.25, 0.3) is 16.8 Å². The standard InChI is InChI=1S/C25H21F2N3O3S/c26-24(27)33-21-11-4-2-7-18(21)16-22-23(31)30(29-12-14-32-15-13-29)25(34-22)28-20-10-5-8-17-6-1-3-9-19(17)20/h1-11,16,24H,12-15H2/b22-16-,28-25?. The highest BCUT2D eigenvalue weighted by molar-refractivity contribution is 8.18. The van der Waals surface area contributed by atoms with Crippen LogP contribution in [0.3, 0.4) is 0 Å². The van der Waals surface area contributed by atoms with E-state index >= 15 is 0 Å². The van der Waals surface area contributed by atoms with Crippen LogP contribution in [0.1, 0.15) is 5.56 Å². The first-order chi connectivity index (χ1) is 16.6. The van der Waals surface area contributed by atoms with Gasteiger partial charge in [-0.1, -0.05) is 54.6 Å². The van der Waals surface area contributed by atoms with Gasteiger partial charge in [0.2, 0.25) is 0 Å². The molecule has 2 heterocycles. The molecule has 3 aromatic rings. The van der Waals surface area contributed by atoms with Gasteiger partial charge in [0.15, 0.2) is 5.17 Å². The monoisotopic (exact) mass is 481 g/mol. The predicted octanol–water partition coefficient (Wildman–Crippen LogP) is 5.29. The number of morpholine rings is 1. The maximum atomic E-state index is 13.5. The summed E-state index contributed by atoms with van der Waals surface area (Å²) in [7, 11) is 0. The number of aliphatic imine (C=N–C) groups is 1. The summed E-state index contributed by atoms with van der Waals surface area (Å²) in [6.45, 7) is -0.877. The third kappa shape index (κ3) is 4.68. The number of benzene rings is 3. The number of carbonyl (C=O) groups excluding carboxylic acids is 1. The number of hydrogen-bond acceptors (Lipinski definition) is 6. The van der Waals surface area contributed by atoms with Crippen LogP contribution in [-0.2, 0) is 9.53 Å². The minimum absolute atomic E-state index is 0.00997. The van der Waals surface area contributed by atoms with Crippen molar-refractivity contribution in [3.05, 3.63) is 77.2 Å². The fourth-order valence-electron chi connectivity index (χ4n) is 3.89. The summed E-state index contributed by atoms with van der Waals surface area (Å²) in [6, 6.07) is 20.2. The molecule has 0 aliphatic carbocycles. The minimum Gasteiger partial charge on any atom is -0.434 e. The molecule has 0 N–H and O–H groups in total. The largest absolute Gasteiger partial charge is 0.434 e. The summed E-state index contributed by atoms with van der Waals surface area (Å²) in [4.78, 5) is 18.7. The van der Waals surface area contributed by atoms with E-state index in [1.807, 2.05) is 47.5 Å². The summed E-state index contributed by atoms with van der Waals surface area (Å²) in [5.74, 6) is -0.256. The Morgan fingerprint density at radius 3 is 2.56 bits per heavy atom. The lowest BCUT2D eigenvalue weighted by atomic mass is 10.1. The van der Waals surface area contributed by atoms with E-state index in [9.17, 15) is 13.6 Å². The SMILES string of the molecule is O=C1/C(=C/c2ccccc2OC(F)F)SC(=Nc2cccc3ccccc23)N1N1CCOCC1. The van der Waals surface area contributed by atoms with Crippen molar-refractivity contribution in [2.24, 2.45) is 4.99 Å². The second-order valence-corrected chi connectivity index (χ2v) is 8.61. The molecule has 2 aliphatic rings. The zero-order chi connectivity index (χ0) is 23.5. The van der Waals surface area contributed by atoms with Crippen LogP contribution in [0.4, 0.5) is 14.5 Å². The average molecular weight is 482 g/mol. The maximum absolute atomic E-state index is 13.5. The van der Waals surface area contributed by atoms with E-state index in [1.54, 1.807) is 29.3 Å². The van der Waals surface area contributed by atoms with Crippen molar-refractivity contribution in [3.63, 3.8) is 0 Å². The first kappa shape index (κ1) is 22.5. The molecular weight excluding hydrogens is 460 g/mol. The number of thioether (sulfide) groups is 1. The van der Waals surface area contributed by atoms with Gasteiger partial charge in [-0.3, -0.25) is 4.79 Å². The summed E-state index contributed by atoms with van der Waals surface area (Å²) in [6.07, 6.45) is 1.57. The van der Waals surface area contributed by atoms with Crippen LogP contribution < -0.4 is 4.74 Å². The number of amides is 1. The lowest BCUT2D eigenvalue weighted by Crippen LogP contribution is -2.51. The molecule has 3 aromatic carbocycles. The molecule has 174 valence electrons. The second kappa shape index (κ2) is 9.92. The highest BCUT2D eigenvalue weighted by atomic mass is 32.2. The third-order valence-corrected chi connectivity index (χ3v) is 6.42. The van der Waals surface area contributed by atoms with Gasteiger partial charge in [0.05, 0.1) is 23.8 Å². The van der Waals surface area contributed by atoms with Gasteiger partial charge in [-0.2, -0.15) is 8.78 Å². The highest BCUT2D eigenvalue weighted by Gasteiger charge is 2.38. The summed E-state index contributed by atoms with van der Waals surface area (Å²) >= 11 is 1.21. The van der Waals surface area contributed by atoms with Crippen LogP contribution in [0, 0.1) is 0 Å². The fourth-order valence-corrected chi connectivity index (χ4v) is 4.88. The first-order valence-electron chi connectivity index (χ1n) is 10.8. The van der Waals surface area contributed by atoms with Gasteiger partial charge in [0.25, 0.3) is 5.91 Å². The van der Waals surface area contributed by atoms with E-state index in [1.165, 1.54) is 17.8 Å². The van der Waals surface area contributed by atoms with E-state index in [2.05, 4.69) is 4.74 Å².